The van der Waals surface area contributed by atoms with E-state index in [1.807, 2.05) is 17.8 Å². The van der Waals surface area contributed by atoms with E-state index >= 15 is 0 Å². The Morgan fingerprint density at radius 2 is 1.77 bits per heavy atom. The van der Waals surface area contributed by atoms with Crippen LogP contribution in [-0.4, -0.2) is 54.0 Å². The highest BCUT2D eigenvalue weighted by atomic mass is 16.5. The minimum Gasteiger partial charge on any atom is -0.379 e. The molecule has 0 spiro atoms. The molecular formula is C19H28N6O. The number of nitrogens with one attached hydrogen (secondary N) is 2. The van der Waals surface area contributed by atoms with Crippen molar-refractivity contribution in [2.24, 2.45) is 12.0 Å². The standard InChI is InChI=1S/C19H28N6O/c1-20-19(22-14-18-7-8-23-24(18)2)21-13-16-3-5-17(6-4-16)15-25-9-11-26-12-10-25/h3-8H,9-15H2,1-2H3,(H2,20,21,22). The number of hydrogen-bond donors (Lipinski definition) is 2. The van der Waals surface area contributed by atoms with Gasteiger partial charge in [0.2, 0.25) is 0 Å². The van der Waals surface area contributed by atoms with Crippen LogP contribution in [0.2, 0.25) is 0 Å². The van der Waals surface area contributed by atoms with E-state index in [2.05, 4.69) is 49.9 Å². The zero-order valence-corrected chi connectivity index (χ0v) is 15.6. The van der Waals surface area contributed by atoms with E-state index in [1.165, 1.54) is 11.1 Å². The summed E-state index contributed by atoms with van der Waals surface area (Å²) in [6.07, 6.45) is 1.80. The van der Waals surface area contributed by atoms with Crippen LogP contribution in [-0.2, 0) is 31.4 Å². The molecular weight excluding hydrogens is 328 g/mol. The van der Waals surface area contributed by atoms with Gasteiger partial charge in [0, 0.05) is 46.5 Å². The van der Waals surface area contributed by atoms with Gasteiger partial charge in [0.05, 0.1) is 25.5 Å². The fraction of sp³-hybridized carbons (Fsp3) is 0.474. The zero-order valence-electron chi connectivity index (χ0n) is 15.6. The van der Waals surface area contributed by atoms with Crippen molar-refractivity contribution in [3.63, 3.8) is 0 Å². The number of morpholine rings is 1. The molecule has 2 heterocycles. The first-order chi connectivity index (χ1) is 12.7. The SMILES string of the molecule is CN=C(NCc1ccc(CN2CCOCC2)cc1)NCc1ccnn1C. The second-order valence-electron chi connectivity index (χ2n) is 6.43. The largest absolute Gasteiger partial charge is 0.379 e. The summed E-state index contributed by atoms with van der Waals surface area (Å²) in [5.74, 6) is 0.781. The Morgan fingerprint density at radius 1 is 1.08 bits per heavy atom. The van der Waals surface area contributed by atoms with Crippen molar-refractivity contribution in [1.82, 2.24) is 25.3 Å². The number of aromatic nitrogens is 2. The van der Waals surface area contributed by atoms with Crippen LogP contribution in [0, 0.1) is 0 Å². The summed E-state index contributed by atoms with van der Waals surface area (Å²) >= 11 is 0. The number of nitrogens with zero attached hydrogens (tertiary/aromatic N) is 4. The van der Waals surface area contributed by atoms with E-state index in [1.54, 1.807) is 13.2 Å². The number of hydrogen-bond acceptors (Lipinski definition) is 4. The lowest BCUT2D eigenvalue weighted by molar-refractivity contribution is 0.0342. The third kappa shape index (κ3) is 5.31. The van der Waals surface area contributed by atoms with Crippen molar-refractivity contribution >= 4 is 5.96 Å². The van der Waals surface area contributed by atoms with Gasteiger partial charge in [-0.3, -0.25) is 14.6 Å². The van der Waals surface area contributed by atoms with Crippen LogP contribution >= 0.6 is 0 Å². The van der Waals surface area contributed by atoms with Crippen molar-refractivity contribution < 1.29 is 4.74 Å². The second-order valence-corrected chi connectivity index (χ2v) is 6.43. The van der Waals surface area contributed by atoms with Gasteiger partial charge in [-0.15, -0.1) is 0 Å². The smallest absolute Gasteiger partial charge is 0.191 e. The Balaban J connectivity index is 1.45. The van der Waals surface area contributed by atoms with E-state index < -0.39 is 0 Å². The zero-order chi connectivity index (χ0) is 18.2. The van der Waals surface area contributed by atoms with Crippen molar-refractivity contribution in [1.29, 1.82) is 0 Å². The maximum atomic E-state index is 5.40. The third-order valence-electron chi connectivity index (χ3n) is 4.58. The van der Waals surface area contributed by atoms with E-state index in [0.29, 0.717) is 6.54 Å². The Labute approximate surface area is 155 Å². The average Bonchev–Trinajstić information content (AvgIpc) is 3.09. The molecule has 0 unspecified atom stereocenters. The molecule has 26 heavy (non-hydrogen) atoms. The highest BCUT2D eigenvalue weighted by molar-refractivity contribution is 5.79. The number of aryl methyl sites for hydroxylation is 1. The van der Waals surface area contributed by atoms with Gasteiger partial charge >= 0.3 is 0 Å². The number of benzene rings is 1. The van der Waals surface area contributed by atoms with Gasteiger partial charge in [-0.1, -0.05) is 24.3 Å². The van der Waals surface area contributed by atoms with Gasteiger partial charge in [0.25, 0.3) is 0 Å². The molecule has 1 aromatic heterocycles. The molecule has 1 aromatic carbocycles. The molecule has 140 valence electrons. The summed E-state index contributed by atoms with van der Waals surface area (Å²) < 4.78 is 7.25. The fourth-order valence-electron chi connectivity index (χ4n) is 2.94. The minimum atomic E-state index is 0.689. The van der Waals surface area contributed by atoms with Gasteiger partial charge < -0.3 is 15.4 Å². The predicted molar refractivity (Wildman–Crippen MR) is 103 cm³/mol. The summed E-state index contributed by atoms with van der Waals surface area (Å²) in [5.41, 5.74) is 3.69. The number of rotatable bonds is 6. The molecule has 7 nitrogen and oxygen atoms in total. The maximum Gasteiger partial charge on any atom is 0.191 e. The summed E-state index contributed by atoms with van der Waals surface area (Å²) in [6, 6.07) is 10.8. The summed E-state index contributed by atoms with van der Waals surface area (Å²) in [6.45, 7) is 6.13. The normalized spacial score (nSPS) is 15.8. The maximum absolute atomic E-state index is 5.40. The molecule has 2 aromatic rings. The number of ether oxygens (including phenoxy) is 1. The highest BCUT2D eigenvalue weighted by Crippen LogP contribution is 2.09. The van der Waals surface area contributed by atoms with Gasteiger partial charge in [0.15, 0.2) is 5.96 Å². The molecule has 2 N–H and O–H groups in total. The Bertz CT molecular complexity index is 703. The van der Waals surface area contributed by atoms with Crippen LogP contribution in [0.4, 0.5) is 0 Å². The van der Waals surface area contributed by atoms with Crippen molar-refractivity contribution in [3.05, 3.63) is 53.3 Å². The monoisotopic (exact) mass is 356 g/mol. The molecule has 1 aliphatic rings. The molecule has 0 atom stereocenters. The third-order valence-corrected chi connectivity index (χ3v) is 4.58. The van der Waals surface area contributed by atoms with Crippen molar-refractivity contribution in [2.45, 2.75) is 19.6 Å². The molecule has 0 aliphatic carbocycles. The van der Waals surface area contributed by atoms with Gasteiger partial charge in [0.1, 0.15) is 0 Å². The molecule has 7 heteroatoms. The van der Waals surface area contributed by atoms with Crippen LogP contribution in [0.1, 0.15) is 16.8 Å². The quantitative estimate of drug-likeness (QED) is 0.600. The molecule has 1 fully saturated rings. The Hall–Kier alpha value is -2.38. The van der Waals surface area contributed by atoms with E-state index in [-0.39, 0.29) is 0 Å². The van der Waals surface area contributed by atoms with Crippen LogP contribution in [0.3, 0.4) is 0 Å². The average molecular weight is 356 g/mol. The van der Waals surface area contributed by atoms with Gasteiger partial charge in [-0.25, -0.2) is 0 Å². The van der Waals surface area contributed by atoms with Crippen LogP contribution < -0.4 is 10.6 Å². The summed E-state index contributed by atoms with van der Waals surface area (Å²) in [5, 5.41) is 10.8. The fourth-order valence-corrected chi connectivity index (χ4v) is 2.94. The second kappa shape index (κ2) is 9.35. The lowest BCUT2D eigenvalue weighted by atomic mass is 10.1. The molecule has 3 rings (SSSR count). The summed E-state index contributed by atoms with van der Waals surface area (Å²) in [4.78, 5) is 6.70. The van der Waals surface area contributed by atoms with E-state index in [4.69, 9.17) is 4.74 Å². The van der Waals surface area contributed by atoms with Crippen molar-refractivity contribution in [3.8, 4) is 0 Å². The molecule has 0 saturated carbocycles. The molecule has 0 amide bonds. The Morgan fingerprint density at radius 3 is 2.42 bits per heavy atom. The first-order valence-electron chi connectivity index (χ1n) is 9.04. The predicted octanol–water partition coefficient (Wildman–Crippen LogP) is 1.12. The van der Waals surface area contributed by atoms with E-state index in [0.717, 1.165) is 51.0 Å². The van der Waals surface area contributed by atoms with E-state index in [9.17, 15) is 0 Å². The summed E-state index contributed by atoms with van der Waals surface area (Å²) in [7, 11) is 3.72. The van der Waals surface area contributed by atoms with Crippen LogP contribution in [0.15, 0.2) is 41.5 Å². The molecule has 0 bridgehead atoms. The van der Waals surface area contributed by atoms with Gasteiger partial charge in [-0.05, 0) is 17.2 Å². The van der Waals surface area contributed by atoms with Crippen LogP contribution in [0.5, 0.6) is 0 Å². The van der Waals surface area contributed by atoms with Crippen LogP contribution in [0.25, 0.3) is 0 Å². The first-order valence-corrected chi connectivity index (χ1v) is 9.04. The minimum absolute atomic E-state index is 0.689. The number of aliphatic imine (C=N–C) groups is 1. The first kappa shape index (κ1) is 18.4. The lowest BCUT2D eigenvalue weighted by Gasteiger charge is -2.26. The molecule has 1 aliphatic heterocycles. The van der Waals surface area contributed by atoms with Crippen molar-refractivity contribution in [2.75, 3.05) is 33.4 Å². The Kier molecular flexibility index (Phi) is 6.62. The van der Waals surface area contributed by atoms with Gasteiger partial charge in [-0.2, -0.15) is 5.10 Å². The lowest BCUT2D eigenvalue weighted by Crippen LogP contribution is -2.36. The molecule has 1 saturated heterocycles. The topological polar surface area (TPSA) is 66.7 Å². The highest BCUT2D eigenvalue weighted by Gasteiger charge is 2.10. The molecule has 0 radical (unpaired) electrons. The number of guanidine groups is 1.